The standard InChI is InChI=1S/C10H13N3/c1-3-9-10-7(11)5-4-6-8(10)12-13(9)2/h4-6H,3,11H2,1-2H3. The van der Waals surface area contributed by atoms with Crippen LogP contribution in [0.4, 0.5) is 5.69 Å². The Bertz CT molecular complexity index is 443. The van der Waals surface area contributed by atoms with Crippen LogP contribution in [-0.2, 0) is 13.5 Å². The molecule has 0 radical (unpaired) electrons. The Morgan fingerprint density at radius 3 is 2.92 bits per heavy atom. The molecule has 13 heavy (non-hydrogen) atoms. The van der Waals surface area contributed by atoms with Gasteiger partial charge in [0.1, 0.15) is 0 Å². The van der Waals surface area contributed by atoms with Crippen LogP contribution in [0.2, 0.25) is 0 Å². The van der Waals surface area contributed by atoms with Crippen LogP contribution in [0.1, 0.15) is 12.6 Å². The first-order valence-corrected chi connectivity index (χ1v) is 4.44. The van der Waals surface area contributed by atoms with Crippen LogP contribution in [-0.4, -0.2) is 9.78 Å². The molecule has 0 aliphatic rings. The average Bonchev–Trinajstić information content (AvgIpc) is 2.42. The number of hydrogen-bond acceptors (Lipinski definition) is 2. The van der Waals surface area contributed by atoms with Gasteiger partial charge >= 0.3 is 0 Å². The van der Waals surface area contributed by atoms with Crippen LogP contribution >= 0.6 is 0 Å². The molecule has 0 aliphatic heterocycles. The molecule has 2 aromatic rings. The smallest absolute Gasteiger partial charge is 0.0946 e. The van der Waals surface area contributed by atoms with Gasteiger partial charge in [0.2, 0.25) is 0 Å². The van der Waals surface area contributed by atoms with Gasteiger partial charge in [0.05, 0.1) is 5.52 Å². The van der Waals surface area contributed by atoms with Gasteiger partial charge in [0.25, 0.3) is 0 Å². The van der Waals surface area contributed by atoms with Crippen LogP contribution in [0, 0.1) is 0 Å². The van der Waals surface area contributed by atoms with E-state index >= 15 is 0 Å². The Balaban J connectivity index is 2.88. The second-order valence-electron chi connectivity index (χ2n) is 3.17. The van der Waals surface area contributed by atoms with Gasteiger partial charge in [0, 0.05) is 23.8 Å². The number of anilines is 1. The molecule has 0 spiro atoms. The van der Waals surface area contributed by atoms with Gasteiger partial charge in [-0.1, -0.05) is 13.0 Å². The minimum Gasteiger partial charge on any atom is -0.398 e. The minimum absolute atomic E-state index is 0.822. The van der Waals surface area contributed by atoms with Gasteiger partial charge in [-0.25, -0.2) is 0 Å². The van der Waals surface area contributed by atoms with Crippen molar-refractivity contribution in [1.82, 2.24) is 9.78 Å². The van der Waals surface area contributed by atoms with Crippen LogP contribution in [0.25, 0.3) is 10.9 Å². The van der Waals surface area contributed by atoms with Crippen molar-refractivity contribution in [3.8, 4) is 0 Å². The molecule has 1 heterocycles. The third-order valence-electron chi connectivity index (χ3n) is 2.35. The van der Waals surface area contributed by atoms with Crippen molar-refractivity contribution in [3.63, 3.8) is 0 Å². The van der Waals surface area contributed by atoms with Gasteiger partial charge in [0.15, 0.2) is 0 Å². The molecule has 1 aromatic heterocycles. The van der Waals surface area contributed by atoms with Crippen molar-refractivity contribution < 1.29 is 0 Å². The summed E-state index contributed by atoms with van der Waals surface area (Å²) in [6, 6.07) is 5.85. The molecule has 0 aliphatic carbocycles. The van der Waals surface area contributed by atoms with Crippen LogP contribution in [0.15, 0.2) is 18.2 Å². The third kappa shape index (κ3) is 1.08. The summed E-state index contributed by atoms with van der Waals surface area (Å²) in [5.41, 5.74) is 8.90. The van der Waals surface area contributed by atoms with Gasteiger partial charge in [-0.15, -0.1) is 0 Å². The first kappa shape index (κ1) is 8.10. The number of aromatic nitrogens is 2. The van der Waals surface area contributed by atoms with E-state index in [1.54, 1.807) is 0 Å². The van der Waals surface area contributed by atoms with E-state index in [-0.39, 0.29) is 0 Å². The molecule has 1 aromatic carbocycles. The van der Waals surface area contributed by atoms with E-state index in [1.165, 1.54) is 5.69 Å². The van der Waals surface area contributed by atoms with Crippen molar-refractivity contribution in [2.24, 2.45) is 7.05 Å². The van der Waals surface area contributed by atoms with E-state index in [4.69, 9.17) is 5.73 Å². The Kier molecular flexibility index (Phi) is 1.72. The number of fused-ring (bicyclic) bond motifs is 1. The molecule has 0 saturated carbocycles. The zero-order valence-corrected chi connectivity index (χ0v) is 7.91. The quantitative estimate of drug-likeness (QED) is 0.670. The maximum Gasteiger partial charge on any atom is 0.0946 e. The van der Waals surface area contributed by atoms with Crippen molar-refractivity contribution >= 4 is 16.6 Å². The highest BCUT2D eigenvalue weighted by Crippen LogP contribution is 2.23. The zero-order valence-electron chi connectivity index (χ0n) is 7.91. The van der Waals surface area contributed by atoms with E-state index in [1.807, 2.05) is 29.9 Å². The van der Waals surface area contributed by atoms with Crippen molar-refractivity contribution in [3.05, 3.63) is 23.9 Å². The van der Waals surface area contributed by atoms with Crippen molar-refractivity contribution in [1.29, 1.82) is 0 Å². The Labute approximate surface area is 77.2 Å². The van der Waals surface area contributed by atoms with Crippen LogP contribution < -0.4 is 5.73 Å². The largest absolute Gasteiger partial charge is 0.398 e. The molecule has 0 unspecified atom stereocenters. The molecule has 2 N–H and O–H groups in total. The molecule has 0 bridgehead atoms. The molecule has 2 rings (SSSR count). The van der Waals surface area contributed by atoms with E-state index < -0.39 is 0 Å². The number of hydrogen-bond donors (Lipinski definition) is 1. The summed E-state index contributed by atoms with van der Waals surface area (Å²) < 4.78 is 1.90. The SMILES string of the molecule is CCc1c2c(N)cccc2nn1C. The predicted octanol–water partition coefficient (Wildman–Crippen LogP) is 1.72. The lowest BCUT2D eigenvalue weighted by Crippen LogP contribution is -1.96. The molecule has 0 fully saturated rings. The molecular weight excluding hydrogens is 162 g/mol. The van der Waals surface area contributed by atoms with E-state index in [0.717, 1.165) is 23.0 Å². The fraction of sp³-hybridized carbons (Fsp3) is 0.300. The molecule has 0 saturated heterocycles. The molecule has 0 amide bonds. The number of benzene rings is 1. The van der Waals surface area contributed by atoms with E-state index in [2.05, 4.69) is 12.0 Å². The monoisotopic (exact) mass is 175 g/mol. The summed E-state index contributed by atoms with van der Waals surface area (Å²) >= 11 is 0. The molecule has 3 nitrogen and oxygen atoms in total. The summed E-state index contributed by atoms with van der Waals surface area (Å²) in [7, 11) is 1.96. The summed E-state index contributed by atoms with van der Waals surface area (Å²) in [5.74, 6) is 0. The Morgan fingerprint density at radius 2 is 2.23 bits per heavy atom. The zero-order chi connectivity index (χ0) is 9.42. The normalized spacial score (nSPS) is 10.9. The summed E-state index contributed by atoms with van der Waals surface area (Å²) in [6.45, 7) is 2.11. The highest BCUT2D eigenvalue weighted by atomic mass is 15.3. The second kappa shape index (κ2) is 2.76. The fourth-order valence-electron chi connectivity index (χ4n) is 1.74. The Morgan fingerprint density at radius 1 is 1.46 bits per heavy atom. The lowest BCUT2D eigenvalue weighted by Gasteiger charge is -1.99. The number of nitrogens with zero attached hydrogens (tertiary/aromatic N) is 2. The van der Waals surface area contributed by atoms with Crippen LogP contribution in [0.5, 0.6) is 0 Å². The van der Waals surface area contributed by atoms with E-state index in [0.29, 0.717) is 0 Å². The van der Waals surface area contributed by atoms with Crippen molar-refractivity contribution in [2.45, 2.75) is 13.3 Å². The first-order chi connectivity index (χ1) is 6.24. The third-order valence-corrected chi connectivity index (χ3v) is 2.35. The summed E-state index contributed by atoms with van der Waals surface area (Å²) in [5, 5.41) is 5.49. The maximum absolute atomic E-state index is 5.89. The number of rotatable bonds is 1. The lowest BCUT2D eigenvalue weighted by molar-refractivity contribution is 0.728. The highest BCUT2D eigenvalue weighted by Gasteiger charge is 2.08. The minimum atomic E-state index is 0.822. The van der Waals surface area contributed by atoms with Crippen molar-refractivity contribution in [2.75, 3.05) is 5.73 Å². The Hall–Kier alpha value is -1.51. The summed E-state index contributed by atoms with van der Waals surface area (Å²) in [4.78, 5) is 0. The number of aryl methyl sites for hydroxylation is 2. The predicted molar refractivity (Wildman–Crippen MR) is 54.5 cm³/mol. The van der Waals surface area contributed by atoms with Gasteiger partial charge in [-0.05, 0) is 18.6 Å². The second-order valence-corrected chi connectivity index (χ2v) is 3.17. The summed E-state index contributed by atoms with van der Waals surface area (Å²) in [6.07, 6.45) is 0.960. The molecule has 68 valence electrons. The average molecular weight is 175 g/mol. The van der Waals surface area contributed by atoms with Gasteiger partial charge in [-0.3, -0.25) is 4.68 Å². The van der Waals surface area contributed by atoms with Crippen LogP contribution in [0.3, 0.4) is 0 Å². The lowest BCUT2D eigenvalue weighted by atomic mass is 10.1. The molecule has 3 heteroatoms. The van der Waals surface area contributed by atoms with Gasteiger partial charge < -0.3 is 5.73 Å². The molecule has 0 atom stereocenters. The van der Waals surface area contributed by atoms with E-state index in [9.17, 15) is 0 Å². The fourth-order valence-corrected chi connectivity index (χ4v) is 1.74. The molecular formula is C10H13N3. The topological polar surface area (TPSA) is 43.8 Å². The number of nitrogen functional groups attached to an aromatic ring is 1. The maximum atomic E-state index is 5.89. The first-order valence-electron chi connectivity index (χ1n) is 4.44. The van der Waals surface area contributed by atoms with Gasteiger partial charge in [-0.2, -0.15) is 5.10 Å². The number of nitrogens with two attached hydrogens (primary N) is 1. The highest BCUT2D eigenvalue weighted by molar-refractivity contribution is 5.92.